The van der Waals surface area contributed by atoms with E-state index in [0.717, 1.165) is 4.90 Å². The Labute approximate surface area is 222 Å². The Morgan fingerprint density at radius 1 is 1.16 bits per heavy atom. The summed E-state index contributed by atoms with van der Waals surface area (Å²) >= 11 is 12.3. The summed E-state index contributed by atoms with van der Waals surface area (Å²) in [6, 6.07) is 12.1. The van der Waals surface area contributed by atoms with Gasteiger partial charge in [-0.05, 0) is 42.3 Å². The summed E-state index contributed by atoms with van der Waals surface area (Å²) in [4.78, 5) is 55.1. The molecule has 0 aromatic heterocycles. The highest BCUT2D eigenvalue weighted by Crippen LogP contribution is 2.46. The topological polar surface area (TPSA) is 134 Å². The SMILES string of the molecule is CN1C(=O)N(c2cc(Cl)cc(Cl)c2)C(=O)C12CN(C(=O)NCCCC(=O)O)CC2c1ccc(C#N)cc1. The Morgan fingerprint density at radius 3 is 2.41 bits per heavy atom. The number of anilines is 1. The lowest BCUT2D eigenvalue weighted by molar-refractivity contribution is -0.137. The minimum absolute atomic E-state index is 0.0890. The number of aliphatic carboxylic acids is 1. The van der Waals surface area contributed by atoms with E-state index in [4.69, 9.17) is 28.3 Å². The fourth-order valence-corrected chi connectivity index (χ4v) is 5.42. The number of carbonyl (C=O) groups is 4. The van der Waals surface area contributed by atoms with Crippen molar-refractivity contribution in [3.63, 3.8) is 0 Å². The van der Waals surface area contributed by atoms with E-state index >= 15 is 0 Å². The van der Waals surface area contributed by atoms with Crippen LogP contribution in [0.4, 0.5) is 15.3 Å². The zero-order valence-corrected chi connectivity index (χ0v) is 21.3. The molecular weight excluding hydrogens is 521 g/mol. The number of hydrogen-bond donors (Lipinski definition) is 2. The molecule has 2 heterocycles. The Kier molecular flexibility index (Phi) is 7.30. The molecule has 2 aromatic carbocycles. The number of carboxylic acid groups (broad SMARTS) is 1. The van der Waals surface area contributed by atoms with Crippen molar-refractivity contribution in [1.82, 2.24) is 15.1 Å². The van der Waals surface area contributed by atoms with Crippen LogP contribution in [0.15, 0.2) is 42.5 Å². The van der Waals surface area contributed by atoms with Crippen LogP contribution in [0.3, 0.4) is 0 Å². The number of carbonyl (C=O) groups excluding carboxylic acids is 3. The number of rotatable bonds is 6. The van der Waals surface area contributed by atoms with Gasteiger partial charge in [0.15, 0.2) is 0 Å². The first-order valence-corrected chi connectivity index (χ1v) is 12.2. The Morgan fingerprint density at radius 2 is 1.81 bits per heavy atom. The number of carboxylic acids is 1. The van der Waals surface area contributed by atoms with Crippen molar-refractivity contribution in [2.75, 3.05) is 31.6 Å². The first kappa shape index (κ1) is 26.3. The van der Waals surface area contributed by atoms with E-state index in [1.165, 1.54) is 35.0 Å². The lowest BCUT2D eigenvalue weighted by Gasteiger charge is -2.33. The lowest BCUT2D eigenvalue weighted by atomic mass is 9.80. The highest BCUT2D eigenvalue weighted by atomic mass is 35.5. The fraction of sp³-hybridized carbons (Fsp3) is 0.320. The zero-order valence-electron chi connectivity index (χ0n) is 19.8. The maximum Gasteiger partial charge on any atom is 0.332 e. The van der Waals surface area contributed by atoms with Crippen LogP contribution in [0.25, 0.3) is 0 Å². The molecule has 0 saturated carbocycles. The molecule has 2 atom stereocenters. The smallest absolute Gasteiger partial charge is 0.332 e. The average molecular weight is 544 g/mol. The molecule has 12 heteroatoms. The van der Waals surface area contributed by atoms with Crippen LogP contribution in [-0.4, -0.2) is 71.1 Å². The molecule has 4 rings (SSSR count). The number of nitrogens with zero attached hydrogens (tertiary/aromatic N) is 4. The van der Waals surface area contributed by atoms with Crippen LogP contribution < -0.4 is 10.2 Å². The van der Waals surface area contributed by atoms with Crippen LogP contribution in [0.1, 0.15) is 29.9 Å². The van der Waals surface area contributed by atoms with E-state index < -0.39 is 35.4 Å². The van der Waals surface area contributed by atoms with Gasteiger partial charge < -0.3 is 20.2 Å². The maximum absolute atomic E-state index is 14.1. The van der Waals surface area contributed by atoms with Gasteiger partial charge in [0, 0.05) is 42.5 Å². The molecule has 192 valence electrons. The standard InChI is InChI=1S/C25H23Cl2N5O5/c1-30-24(37)32(19-10-17(26)9-18(27)11-19)22(35)25(30)14-31(23(36)29-8-2-3-21(33)34)13-20(25)16-6-4-15(12-28)5-7-16/h4-7,9-11,20H,2-3,8,13-14H2,1H3,(H,29,36)(H,33,34). The van der Waals surface area contributed by atoms with Gasteiger partial charge in [-0.15, -0.1) is 0 Å². The molecule has 37 heavy (non-hydrogen) atoms. The second kappa shape index (κ2) is 10.3. The highest BCUT2D eigenvalue weighted by Gasteiger charge is 2.65. The molecule has 2 aliphatic rings. The van der Waals surface area contributed by atoms with Crippen molar-refractivity contribution in [2.45, 2.75) is 24.3 Å². The third-order valence-corrected chi connectivity index (χ3v) is 7.18. The summed E-state index contributed by atoms with van der Waals surface area (Å²) in [5, 5.41) is 21.2. The molecule has 5 amide bonds. The largest absolute Gasteiger partial charge is 0.481 e. The average Bonchev–Trinajstić information content (AvgIpc) is 3.34. The van der Waals surface area contributed by atoms with Gasteiger partial charge in [-0.1, -0.05) is 35.3 Å². The summed E-state index contributed by atoms with van der Waals surface area (Å²) in [6.07, 6.45) is 0.157. The van der Waals surface area contributed by atoms with Crippen molar-refractivity contribution in [3.05, 3.63) is 63.6 Å². The third kappa shape index (κ3) is 4.80. The molecule has 2 aliphatic heterocycles. The van der Waals surface area contributed by atoms with Crippen LogP contribution in [0.2, 0.25) is 10.0 Å². The molecule has 2 saturated heterocycles. The summed E-state index contributed by atoms with van der Waals surface area (Å²) in [6.45, 7) is 0.171. The maximum atomic E-state index is 14.1. The van der Waals surface area contributed by atoms with Gasteiger partial charge in [0.25, 0.3) is 5.91 Å². The van der Waals surface area contributed by atoms with Gasteiger partial charge in [-0.25, -0.2) is 14.5 Å². The van der Waals surface area contributed by atoms with Crippen molar-refractivity contribution in [1.29, 1.82) is 5.26 Å². The second-order valence-corrected chi connectivity index (χ2v) is 9.80. The fourth-order valence-electron chi connectivity index (χ4n) is 4.91. The number of nitriles is 1. The number of hydrogen-bond acceptors (Lipinski definition) is 5. The van der Waals surface area contributed by atoms with Gasteiger partial charge in [-0.2, -0.15) is 5.26 Å². The first-order chi connectivity index (χ1) is 17.6. The Hall–Kier alpha value is -3.81. The quantitative estimate of drug-likeness (QED) is 0.421. The minimum Gasteiger partial charge on any atom is -0.481 e. The molecule has 0 bridgehead atoms. The predicted octanol–water partition coefficient (Wildman–Crippen LogP) is 3.68. The van der Waals surface area contributed by atoms with Crippen molar-refractivity contribution >= 4 is 52.8 Å². The Bertz CT molecular complexity index is 1290. The number of nitrogens with one attached hydrogen (secondary N) is 1. The van der Waals surface area contributed by atoms with Crippen LogP contribution in [-0.2, 0) is 9.59 Å². The number of urea groups is 2. The predicted molar refractivity (Wildman–Crippen MR) is 136 cm³/mol. The van der Waals surface area contributed by atoms with E-state index in [0.29, 0.717) is 11.1 Å². The van der Waals surface area contributed by atoms with Gasteiger partial charge in [0.1, 0.15) is 5.54 Å². The number of likely N-dealkylation sites (N-methyl/N-ethyl adjacent to an activating group) is 1. The van der Waals surface area contributed by atoms with Crippen LogP contribution >= 0.6 is 23.2 Å². The molecule has 2 aromatic rings. The lowest BCUT2D eigenvalue weighted by Crippen LogP contribution is -2.54. The molecule has 10 nitrogen and oxygen atoms in total. The van der Waals surface area contributed by atoms with Crippen molar-refractivity contribution in [3.8, 4) is 6.07 Å². The second-order valence-electron chi connectivity index (χ2n) is 8.93. The van der Waals surface area contributed by atoms with Gasteiger partial charge in [0.05, 0.1) is 23.9 Å². The molecule has 1 spiro atoms. The number of amides is 5. The summed E-state index contributed by atoms with van der Waals surface area (Å²) in [7, 11) is 1.51. The molecular formula is C25H23Cl2N5O5. The number of likely N-dealkylation sites (tertiary alicyclic amines) is 1. The summed E-state index contributed by atoms with van der Waals surface area (Å²) in [5.74, 6) is -2.10. The van der Waals surface area contributed by atoms with Gasteiger partial charge in [-0.3, -0.25) is 9.59 Å². The molecule has 2 unspecified atom stereocenters. The summed E-state index contributed by atoms with van der Waals surface area (Å²) in [5.41, 5.74) is -0.106. The summed E-state index contributed by atoms with van der Waals surface area (Å²) < 4.78 is 0. The van der Waals surface area contributed by atoms with E-state index in [1.54, 1.807) is 24.3 Å². The number of benzene rings is 2. The third-order valence-electron chi connectivity index (χ3n) is 6.74. The van der Waals surface area contributed by atoms with Crippen molar-refractivity contribution < 1.29 is 24.3 Å². The van der Waals surface area contributed by atoms with Crippen LogP contribution in [0.5, 0.6) is 0 Å². The monoisotopic (exact) mass is 543 g/mol. The normalized spacial score (nSPS) is 21.0. The van der Waals surface area contributed by atoms with Crippen LogP contribution in [0, 0.1) is 11.3 Å². The number of imide groups is 1. The van der Waals surface area contributed by atoms with E-state index in [9.17, 15) is 24.4 Å². The van der Waals surface area contributed by atoms with Gasteiger partial charge >= 0.3 is 18.0 Å². The molecule has 2 N–H and O–H groups in total. The molecule has 2 fully saturated rings. The molecule has 0 radical (unpaired) electrons. The van der Waals surface area contributed by atoms with E-state index in [2.05, 4.69) is 11.4 Å². The zero-order chi connectivity index (χ0) is 26.9. The van der Waals surface area contributed by atoms with E-state index in [-0.39, 0.29) is 48.2 Å². The van der Waals surface area contributed by atoms with E-state index in [1.807, 2.05) is 0 Å². The molecule has 0 aliphatic carbocycles. The highest BCUT2D eigenvalue weighted by molar-refractivity contribution is 6.35. The first-order valence-electron chi connectivity index (χ1n) is 11.4. The van der Waals surface area contributed by atoms with Crippen molar-refractivity contribution in [2.24, 2.45) is 0 Å². The Balaban J connectivity index is 1.71. The minimum atomic E-state index is -1.43. The van der Waals surface area contributed by atoms with Gasteiger partial charge in [0.2, 0.25) is 0 Å². The number of halogens is 2.